The zero-order chi connectivity index (χ0) is 9.68. The first-order chi connectivity index (χ1) is 6.24. The lowest BCUT2D eigenvalue weighted by Gasteiger charge is -2.04. The van der Waals surface area contributed by atoms with Crippen molar-refractivity contribution >= 4 is 33.3 Å². The van der Waals surface area contributed by atoms with E-state index in [9.17, 15) is 0 Å². The Morgan fingerprint density at radius 1 is 1.77 bits per heavy atom. The van der Waals surface area contributed by atoms with Crippen molar-refractivity contribution in [2.24, 2.45) is 0 Å². The summed E-state index contributed by atoms with van der Waals surface area (Å²) in [5.74, 6) is 2.74. The third-order valence-corrected chi connectivity index (χ3v) is 1.80. The van der Waals surface area contributed by atoms with Crippen LogP contribution in [0.15, 0.2) is 10.7 Å². The van der Waals surface area contributed by atoms with E-state index in [1.165, 1.54) is 6.20 Å². The highest BCUT2D eigenvalue weighted by Gasteiger charge is 2.02. The highest BCUT2D eigenvalue weighted by atomic mass is 79.9. The molecular weight excluding hydrogens is 257 g/mol. The monoisotopic (exact) mass is 261 g/mol. The van der Waals surface area contributed by atoms with Gasteiger partial charge in [0, 0.05) is 6.20 Å². The van der Waals surface area contributed by atoms with Gasteiger partial charge in [-0.05, 0) is 27.5 Å². The Bertz CT molecular complexity index is 339. The number of rotatable bonds is 3. The molecule has 0 aliphatic rings. The first-order valence-corrected chi connectivity index (χ1v) is 4.40. The largest absolute Gasteiger partial charge is 0.262 e. The molecule has 6 heteroatoms. The zero-order valence-corrected chi connectivity index (χ0v) is 8.76. The number of nitrogens with one attached hydrogen (secondary N) is 1. The van der Waals surface area contributed by atoms with E-state index in [1.807, 2.05) is 0 Å². The van der Waals surface area contributed by atoms with Crippen LogP contribution in [0.5, 0.6) is 0 Å². The van der Waals surface area contributed by atoms with Crippen molar-refractivity contribution in [1.82, 2.24) is 9.97 Å². The Morgan fingerprint density at radius 3 is 3.23 bits per heavy atom. The maximum atomic E-state index is 5.55. The van der Waals surface area contributed by atoms with Gasteiger partial charge in [0.15, 0.2) is 5.82 Å². The lowest BCUT2D eigenvalue weighted by molar-refractivity contribution is 0.232. The van der Waals surface area contributed by atoms with Crippen LogP contribution in [0, 0.1) is 12.3 Å². The summed E-state index contributed by atoms with van der Waals surface area (Å²) in [5, 5.41) is 0.134. The second-order valence-corrected chi connectivity index (χ2v) is 3.12. The molecule has 0 unspecified atom stereocenters. The van der Waals surface area contributed by atoms with E-state index in [2.05, 4.69) is 37.3 Å². The van der Waals surface area contributed by atoms with Crippen LogP contribution in [-0.2, 0) is 4.84 Å². The molecule has 0 saturated heterocycles. The molecule has 0 atom stereocenters. The van der Waals surface area contributed by atoms with Gasteiger partial charge in [-0.25, -0.2) is 10.5 Å². The van der Waals surface area contributed by atoms with E-state index in [0.717, 1.165) is 0 Å². The van der Waals surface area contributed by atoms with E-state index < -0.39 is 0 Å². The van der Waals surface area contributed by atoms with Crippen molar-refractivity contribution in [3.05, 3.63) is 16.0 Å². The number of nitrogens with zero attached hydrogens (tertiary/aromatic N) is 2. The summed E-state index contributed by atoms with van der Waals surface area (Å²) in [6.45, 7) is 0.147. The molecule has 4 nitrogen and oxygen atoms in total. The molecule has 1 rings (SSSR count). The van der Waals surface area contributed by atoms with Crippen LogP contribution < -0.4 is 5.48 Å². The summed E-state index contributed by atoms with van der Waals surface area (Å²) < 4.78 is 0.647. The Morgan fingerprint density at radius 2 is 2.54 bits per heavy atom. The van der Waals surface area contributed by atoms with Crippen molar-refractivity contribution in [2.45, 2.75) is 0 Å². The van der Waals surface area contributed by atoms with Crippen LogP contribution in [0.1, 0.15) is 0 Å². The SMILES string of the molecule is C#CCONc1nc(Cl)ncc1Br. The van der Waals surface area contributed by atoms with E-state index in [4.69, 9.17) is 22.9 Å². The topological polar surface area (TPSA) is 47.0 Å². The van der Waals surface area contributed by atoms with E-state index >= 15 is 0 Å². The van der Waals surface area contributed by atoms with Gasteiger partial charge in [0.2, 0.25) is 5.28 Å². The molecule has 0 aliphatic heterocycles. The fourth-order valence-electron chi connectivity index (χ4n) is 0.563. The van der Waals surface area contributed by atoms with Gasteiger partial charge in [0.25, 0.3) is 0 Å². The molecule has 0 aliphatic carbocycles. The van der Waals surface area contributed by atoms with Crippen LogP contribution in [0.2, 0.25) is 5.28 Å². The van der Waals surface area contributed by atoms with Gasteiger partial charge >= 0.3 is 0 Å². The van der Waals surface area contributed by atoms with Crippen molar-refractivity contribution in [3.63, 3.8) is 0 Å². The summed E-state index contributed by atoms with van der Waals surface area (Å²) >= 11 is 8.76. The Labute approximate surface area is 88.8 Å². The van der Waals surface area contributed by atoms with Gasteiger partial charge in [-0.1, -0.05) is 5.92 Å². The molecule has 0 fully saturated rings. The molecule has 1 N–H and O–H groups in total. The molecule has 0 amide bonds. The van der Waals surface area contributed by atoms with Gasteiger partial charge in [0.1, 0.15) is 6.61 Å². The fraction of sp³-hybridized carbons (Fsp3) is 0.143. The van der Waals surface area contributed by atoms with Crippen LogP contribution >= 0.6 is 27.5 Å². The Balaban J connectivity index is 2.65. The number of hydrogen-bond acceptors (Lipinski definition) is 4. The fourth-order valence-corrected chi connectivity index (χ4v) is 0.969. The average molecular weight is 262 g/mol. The summed E-state index contributed by atoms with van der Waals surface area (Å²) in [5.41, 5.74) is 2.53. The minimum absolute atomic E-state index is 0.134. The highest BCUT2D eigenvalue weighted by Crippen LogP contribution is 2.19. The third kappa shape index (κ3) is 3.19. The lowest BCUT2D eigenvalue weighted by Crippen LogP contribution is -2.04. The molecule has 0 saturated carbocycles. The summed E-state index contributed by atoms with van der Waals surface area (Å²) in [7, 11) is 0. The first kappa shape index (κ1) is 10.3. The minimum Gasteiger partial charge on any atom is -0.262 e. The van der Waals surface area contributed by atoms with Crippen LogP contribution in [0.25, 0.3) is 0 Å². The van der Waals surface area contributed by atoms with Gasteiger partial charge in [0.05, 0.1) is 4.47 Å². The maximum absolute atomic E-state index is 5.55. The summed E-state index contributed by atoms with van der Waals surface area (Å²) in [6, 6.07) is 0. The summed E-state index contributed by atoms with van der Waals surface area (Å²) in [4.78, 5) is 12.4. The van der Waals surface area contributed by atoms with Gasteiger partial charge in [-0.15, -0.1) is 6.42 Å². The zero-order valence-electron chi connectivity index (χ0n) is 6.42. The van der Waals surface area contributed by atoms with E-state index in [1.54, 1.807) is 0 Å². The van der Waals surface area contributed by atoms with E-state index in [0.29, 0.717) is 10.3 Å². The molecule has 0 spiro atoms. The van der Waals surface area contributed by atoms with Crippen LogP contribution in [0.4, 0.5) is 5.82 Å². The first-order valence-electron chi connectivity index (χ1n) is 3.23. The second-order valence-electron chi connectivity index (χ2n) is 1.93. The number of halogens is 2. The van der Waals surface area contributed by atoms with Gasteiger partial charge in [-0.3, -0.25) is 4.84 Å². The van der Waals surface area contributed by atoms with Crippen molar-refractivity contribution < 1.29 is 4.84 Å². The minimum atomic E-state index is 0.134. The second kappa shape index (κ2) is 5.02. The molecular formula is C7H5BrClN3O. The van der Waals surface area contributed by atoms with Crippen molar-refractivity contribution in [3.8, 4) is 12.3 Å². The maximum Gasteiger partial charge on any atom is 0.224 e. The van der Waals surface area contributed by atoms with Gasteiger partial charge in [-0.2, -0.15) is 4.98 Å². The quantitative estimate of drug-likeness (QED) is 0.391. The molecule has 68 valence electrons. The number of hydrogen-bond donors (Lipinski definition) is 1. The van der Waals surface area contributed by atoms with Crippen molar-refractivity contribution in [1.29, 1.82) is 0 Å². The Hall–Kier alpha value is -0.830. The smallest absolute Gasteiger partial charge is 0.224 e. The lowest BCUT2D eigenvalue weighted by atomic mass is 10.6. The van der Waals surface area contributed by atoms with Gasteiger partial charge < -0.3 is 0 Å². The predicted octanol–water partition coefficient (Wildman–Crippen LogP) is 1.87. The third-order valence-electron chi connectivity index (χ3n) is 1.04. The molecule has 0 radical (unpaired) electrons. The average Bonchev–Trinajstić information content (AvgIpc) is 2.11. The van der Waals surface area contributed by atoms with E-state index in [-0.39, 0.29) is 11.9 Å². The molecule has 0 bridgehead atoms. The molecule has 0 aromatic carbocycles. The molecule has 1 aromatic rings. The van der Waals surface area contributed by atoms with Crippen LogP contribution in [0.3, 0.4) is 0 Å². The normalized spacial score (nSPS) is 9.31. The standard InChI is InChI=1S/C7H5BrClN3O/c1-2-3-13-12-6-5(8)4-10-7(9)11-6/h1,4H,3H2,(H,10,11,12). The molecule has 13 heavy (non-hydrogen) atoms. The van der Waals surface area contributed by atoms with Crippen molar-refractivity contribution in [2.75, 3.05) is 12.1 Å². The summed E-state index contributed by atoms with van der Waals surface area (Å²) in [6.07, 6.45) is 6.49. The number of aromatic nitrogens is 2. The highest BCUT2D eigenvalue weighted by molar-refractivity contribution is 9.10. The number of terminal acetylenes is 1. The predicted molar refractivity (Wildman–Crippen MR) is 53.1 cm³/mol. The molecule has 1 heterocycles. The molecule has 1 aromatic heterocycles. The van der Waals surface area contributed by atoms with Crippen LogP contribution in [-0.4, -0.2) is 16.6 Å². The Kier molecular flexibility index (Phi) is 3.96. The number of anilines is 1.